The van der Waals surface area contributed by atoms with Crippen LogP contribution >= 0.6 is 0 Å². The van der Waals surface area contributed by atoms with Gasteiger partial charge in [-0.1, -0.05) is 24.3 Å². The highest BCUT2D eigenvalue weighted by Crippen LogP contribution is 2.19. The number of Topliss-reactive ketones (excluding diaryl/α,β-unsaturated/α-hetero) is 1. The number of benzene rings is 1. The van der Waals surface area contributed by atoms with Crippen molar-refractivity contribution < 1.29 is 23.5 Å². The Balaban J connectivity index is 1.92. The number of ether oxygens (including phenoxy) is 2. The van der Waals surface area contributed by atoms with Crippen LogP contribution in [0, 0.1) is 0 Å². The minimum Gasteiger partial charge on any atom is -0.455 e. The van der Waals surface area contributed by atoms with E-state index in [0.717, 1.165) is 5.39 Å². The van der Waals surface area contributed by atoms with Crippen molar-refractivity contribution in [1.29, 1.82) is 0 Å². The molecule has 0 aliphatic carbocycles. The van der Waals surface area contributed by atoms with Gasteiger partial charge >= 0.3 is 5.97 Å². The summed E-state index contributed by atoms with van der Waals surface area (Å²) in [7, 11) is 0. The second-order valence-electron chi connectivity index (χ2n) is 4.44. The maximum Gasteiger partial charge on any atom is 0.335 e. The molecule has 0 aliphatic rings. The molecule has 0 N–H and O–H groups in total. The van der Waals surface area contributed by atoms with Crippen molar-refractivity contribution in [2.75, 3.05) is 13.2 Å². The third-order valence-electron chi connectivity index (χ3n) is 2.84. The van der Waals surface area contributed by atoms with Crippen molar-refractivity contribution in [2.24, 2.45) is 0 Å². The van der Waals surface area contributed by atoms with Crippen LogP contribution in [-0.2, 0) is 14.3 Å². The van der Waals surface area contributed by atoms with E-state index >= 15 is 0 Å². The first-order chi connectivity index (χ1) is 10.1. The molecule has 2 rings (SSSR count). The molecule has 0 saturated heterocycles. The summed E-state index contributed by atoms with van der Waals surface area (Å²) in [6.07, 6.45) is 0.787. The predicted molar refractivity (Wildman–Crippen MR) is 77.1 cm³/mol. The average Bonchev–Trinajstić information content (AvgIpc) is 2.93. The summed E-state index contributed by atoms with van der Waals surface area (Å²) in [4.78, 5) is 23.5. The second-order valence-corrected chi connectivity index (χ2v) is 4.44. The molecule has 2 aromatic rings. The van der Waals surface area contributed by atoms with Gasteiger partial charge < -0.3 is 13.9 Å². The maximum atomic E-state index is 11.9. The number of carbonyl (C=O) groups excluding carboxylic acids is 2. The molecule has 1 aromatic heterocycles. The van der Waals surface area contributed by atoms with Gasteiger partial charge in [-0.3, -0.25) is 4.79 Å². The summed E-state index contributed by atoms with van der Waals surface area (Å²) in [5.41, 5.74) is 0.620. The Morgan fingerprint density at radius 1 is 1.38 bits per heavy atom. The van der Waals surface area contributed by atoms with Crippen LogP contribution in [0.2, 0.25) is 0 Å². The first-order valence-electron chi connectivity index (χ1n) is 6.52. The van der Waals surface area contributed by atoms with Crippen molar-refractivity contribution in [3.05, 3.63) is 48.7 Å². The Kier molecular flexibility index (Phi) is 4.90. The Morgan fingerprint density at radius 2 is 2.14 bits per heavy atom. The second kappa shape index (κ2) is 6.85. The van der Waals surface area contributed by atoms with Gasteiger partial charge in [-0.2, -0.15) is 0 Å². The lowest BCUT2D eigenvalue weighted by Crippen LogP contribution is -2.25. The minimum atomic E-state index is -0.744. The molecule has 1 atom stereocenters. The van der Waals surface area contributed by atoms with E-state index in [1.165, 1.54) is 6.08 Å². The van der Waals surface area contributed by atoms with E-state index < -0.39 is 17.9 Å². The Bertz CT molecular complexity index is 622. The summed E-state index contributed by atoms with van der Waals surface area (Å²) < 4.78 is 15.4. The van der Waals surface area contributed by atoms with Crippen molar-refractivity contribution in [3.63, 3.8) is 0 Å². The van der Waals surface area contributed by atoms with E-state index in [-0.39, 0.29) is 19.0 Å². The van der Waals surface area contributed by atoms with Gasteiger partial charge in [0.05, 0.1) is 6.61 Å². The first-order valence-corrected chi connectivity index (χ1v) is 6.52. The lowest BCUT2D eigenvalue weighted by Gasteiger charge is -2.10. The molecule has 1 aromatic carbocycles. The maximum absolute atomic E-state index is 11.9. The fourth-order valence-corrected chi connectivity index (χ4v) is 1.72. The molecule has 0 spiro atoms. The predicted octanol–water partition coefficient (Wildman–Crippen LogP) is 2.75. The van der Waals surface area contributed by atoms with Crippen LogP contribution in [0.15, 0.2) is 47.4 Å². The molecule has 5 nitrogen and oxygen atoms in total. The standard InChI is InChI=1S/C16H16O5/c1-3-8-19-11(2)16(18)20-10-13(17)15-9-12-6-4-5-7-14(12)21-15/h3-7,9,11H,1,8,10H2,2H3. The molecular formula is C16H16O5. The van der Waals surface area contributed by atoms with Crippen molar-refractivity contribution in [2.45, 2.75) is 13.0 Å². The number of rotatable bonds is 7. The lowest BCUT2D eigenvalue weighted by molar-refractivity contribution is -0.154. The third-order valence-corrected chi connectivity index (χ3v) is 2.84. The molecular weight excluding hydrogens is 272 g/mol. The zero-order valence-electron chi connectivity index (χ0n) is 11.7. The van der Waals surface area contributed by atoms with Gasteiger partial charge in [-0.05, 0) is 19.1 Å². The summed E-state index contributed by atoms with van der Waals surface area (Å²) in [5.74, 6) is -0.819. The van der Waals surface area contributed by atoms with E-state index in [1.54, 1.807) is 19.1 Å². The van der Waals surface area contributed by atoms with Crippen LogP contribution in [-0.4, -0.2) is 31.1 Å². The number of fused-ring (bicyclic) bond motifs is 1. The summed E-state index contributed by atoms with van der Waals surface area (Å²) in [6, 6.07) is 8.91. The molecule has 0 bridgehead atoms. The summed E-state index contributed by atoms with van der Waals surface area (Å²) in [6.45, 7) is 4.91. The molecule has 0 radical (unpaired) electrons. The van der Waals surface area contributed by atoms with Crippen LogP contribution < -0.4 is 0 Å². The highest BCUT2D eigenvalue weighted by atomic mass is 16.6. The molecule has 0 amide bonds. The number of para-hydroxylation sites is 1. The van der Waals surface area contributed by atoms with Gasteiger partial charge in [0, 0.05) is 5.39 Å². The van der Waals surface area contributed by atoms with Gasteiger partial charge in [0.2, 0.25) is 5.78 Å². The highest BCUT2D eigenvalue weighted by molar-refractivity contribution is 5.99. The highest BCUT2D eigenvalue weighted by Gasteiger charge is 2.18. The van der Waals surface area contributed by atoms with E-state index in [0.29, 0.717) is 5.58 Å². The number of esters is 1. The smallest absolute Gasteiger partial charge is 0.335 e. The normalized spacial score (nSPS) is 12.0. The fraction of sp³-hybridized carbons (Fsp3) is 0.250. The minimum absolute atomic E-state index is 0.170. The quantitative estimate of drug-likeness (QED) is 0.445. The van der Waals surface area contributed by atoms with Gasteiger partial charge in [-0.15, -0.1) is 6.58 Å². The van der Waals surface area contributed by atoms with Crippen LogP contribution in [0.4, 0.5) is 0 Å². The molecule has 0 aliphatic heterocycles. The third kappa shape index (κ3) is 3.79. The van der Waals surface area contributed by atoms with Crippen molar-refractivity contribution in [3.8, 4) is 0 Å². The van der Waals surface area contributed by atoms with Gasteiger partial charge in [0.15, 0.2) is 18.5 Å². The molecule has 0 fully saturated rings. The zero-order chi connectivity index (χ0) is 15.2. The Labute approximate surface area is 122 Å². The van der Waals surface area contributed by atoms with E-state index in [4.69, 9.17) is 13.9 Å². The largest absolute Gasteiger partial charge is 0.455 e. The molecule has 0 saturated carbocycles. The van der Waals surface area contributed by atoms with Crippen LogP contribution in [0.1, 0.15) is 17.5 Å². The van der Waals surface area contributed by atoms with Gasteiger partial charge in [-0.25, -0.2) is 4.79 Å². The fourth-order valence-electron chi connectivity index (χ4n) is 1.72. The Morgan fingerprint density at radius 3 is 2.86 bits per heavy atom. The van der Waals surface area contributed by atoms with Crippen molar-refractivity contribution >= 4 is 22.7 Å². The molecule has 1 unspecified atom stereocenters. The number of hydrogen-bond acceptors (Lipinski definition) is 5. The molecule has 1 heterocycles. The van der Waals surface area contributed by atoms with E-state index in [9.17, 15) is 9.59 Å². The van der Waals surface area contributed by atoms with Gasteiger partial charge in [0.25, 0.3) is 0 Å². The molecule has 21 heavy (non-hydrogen) atoms. The molecule has 110 valence electrons. The number of furan rings is 1. The topological polar surface area (TPSA) is 65.7 Å². The zero-order valence-corrected chi connectivity index (χ0v) is 11.7. The monoisotopic (exact) mass is 288 g/mol. The average molecular weight is 288 g/mol. The number of ketones is 1. The van der Waals surface area contributed by atoms with E-state index in [1.807, 2.05) is 18.2 Å². The van der Waals surface area contributed by atoms with Crippen molar-refractivity contribution in [1.82, 2.24) is 0 Å². The Hall–Kier alpha value is -2.40. The summed E-state index contributed by atoms with van der Waals surface area (Å²) >= 11 is 0. The number of hydrogen-bond donors (Lipinski definition) is 0. The van der Waals surface area contributed by atoms with Crippen LogP contribution in [0.3, 0.4) is 0 Å². The first kappa shape index (κ1) is 15.0. The summed E-state index contributed by atoms with van der Waals surface area (Å²) in [5, 5.41) is 0.829. The van der Waals surface area contributed by atoms with Gasteiger partial charge in [0.1, 0.15) is 5.58 Å². The SMILES string of the molecule is C=CCOC(C)C(=O)OCC(=O)c1cc2ccccc2o1. The van der Waals surface area contributed by atoms with E-state index in [2.05, 4.69) is 6.58 Å². The van der Waals surface area contributed by atoms with Crippen LogP contribution in [0.25, 0.3) is 11.0 Å². The van der Waals surface area contributed by atoms with Crippen LogP contribution in [0.5, 0.6) is 0 Å². The lowest BCUT2D eigenvalue weighted by atomic mass is 10.2. The number of carbonyl (C=O) groups is 2. The molecule has 5 heteroatoms.